The standard InChI is InChI=1S/C10H15N3O/c14-7-5-10(3-4-10)8-11-9-2-1-6-12-13-9/h1-2,6,14H,3-5,7-8H2,(H,11,13). The number of nitrogens with one attached hydrogen (secondary N) is 1. The van der Waals surface area contributed by atoms with E-state index in [1.165, 1.54) is 12.8 Å². The van der Waals surface area contributed by atoms with Gasteiger partial charge in [-0.3, -0.25) is 0 Å². The monoisotopic (exact) mass is 193 g/mol. The molecule has 1 fully saturated rings. The zero-order valence-electron chi connectivity index (χ0n) is 8.11. The molecule has 0 spiro atoms. The van der Waals surface area contributed by atoms with Crippen molar-refractivity contribution < 1.29 is 5.11 Å². The van der Waals surface area contributed by atoms with Gasteiger partial charge in [0.2, 0.25) is 0 Å². The Morgan fingerprint density at radius 2 is 2.36 bits per heavy atom. The number of hydrogen-bond donors (Lipinski definition) is 2. The Morgan fingerprint density at radius 3 is 2.93 bits per heavy atom. The summed E-state index contributed by atoms with van der Waals surface area (Å²) in [5, 5.41) is 19.9. The van der Waals surface area contributed by atoms with E-state index < -0.39 is 0 Å². The maximum absolute atomic E-state index is 8.88. The van der Waals surface area contributed by atoms with Gasteiger partial charge in [0.1, 0.15) is 5.82 Å². The number of nitrogens with zero attached hydrogens (tertiary/aromatic N) is 2. The SMILES string of the molecule is OCCC1(CNc2cccnn2)CC1. The van der Waals surface area contributed by atoms with E-state index in [1.54, 1.807) is 6.20 Å². The van der Waals surface area contributed by atoms with Crippen molar-refractivity contribution in [2.24, 2.45) is 5.41 Å². The number of anilines is 1. The molecule has 76 valence electrons. The maximum atomic E-state index is 8.88. The van der Waals surface area contributed by atoms with Gasteiger partial charge >= 0.3 is 0 Å². The third-order valence-corrected chi connectivity index (χ3v) is 2.82. The molecule has 1 heterocycles. The summed E-state index contributed by atoms with van der Waals surface area (Å²) in [7, 11) is 0. The Balaban J connectivity index is 1.83. The molecule has 4 nitrogen and oxygen atoms in total. The molecule has 0 bridgehead atoms. The molecule has 1 aromatic heterocycles. The van der Waals surface area contributed by atoms with Crippen LogP contribution in [0.4, 0.5) is 5.82 Å². The summed E-state index contributed by atoms with van der Waals surface area (Å²) in [5.74, 6) is 0.816. The fourth-order valence-electron chi connectivity index (χ4n) is 1.60. The van der Waals surface area contributed by atoms with Gasteiger partial charge in [-0.1, -0.05) is 0 Å². The first kappa shape index (κ1) is 9.40. The van der Waals surface area contributed by atoms with Crippen molar-refractivity contribution in [3.63, 3.8) is 0 Å². The smallest absolute Gasteiger partial charge is 0.148 e. The van der Waals surface area contributed by atoms with Crippen LogP contribution in [0.1, 0.15) is 19.3 Å². The van der Waals surface area contributed by atoms with Crippen LogP contribution in [0.5, 0.6) is 0 Å². The Labute approximate surface area is 83.4 Å². The van der Waals surface area contributed by atoms with Crippen molar-refractivity contribution in [3.8, 4) is 0 Å². The second kappa shape index (κ2) is 3.92. The summed E-state index contributed by atoms with van der Waals surface area (Å²) in [6.45, 7) is 1.18. The van der Waals surface area contributed by atoms with E-state index in [-0.39, 0.29) is 6.61 Å². The molecule has 0 radical (unpaired) electrons. The first-order chi connectivity index (χ1) is 6.85. The van der Waals surface area contributed by atoms with Gasteiger partial charge in [-0.15, -0.1) is 5.10 Å². The van der Waals surface area contributed by atoms with E-state index in [0.29, 0.717) is 5.41 Å². The minimum Gasteiger partial charge on any atom is -0.396 e. The van der Waals surface area contributed by atoms with Gasteiger partial charge in [0.05, 0.1) is 0 Å². The molecule has 2 rings (SSSR count). The van der Waals surface area contributed by atoms with E-state index in [0.717, 1.165) is 18.8 Å². The average Bonchev–Trinajstić information content (AvgIpc) is 2.98. The molecule has 0 aliphatic heterocycles. The highest BCUT2D eigenvalue weighted by molar-refractivity contribution is 5.32. The lowest BCUT2D eigenvalue weighted by Gasteiger charge is -2.14. The van der Waals surface area contributed by atoms with Crippen LogP contribution in [0.15, 0.2) is 18.3 Å². The largest absolute Gasteiger partial charge is 0.396 e. The molecule has 0 unspecified atom stereocenters. The fraction of sp³-hybridized carbons (Fsp3) is 0.600. The van der Waals surface area contributed by atoms with Crippen molar-refractivity contribution in [2.45, 2.75) is 19.3 Å². The number of rotatable bonds is 5. The summed E-state index contributed by atoms with van der Waals surface area (Å²) in [5.41, 5.74) is 0.326. The van der Waals surface area contributed by atoms with Crippen molar-refractivity contribution in [1.82, 2.24) is 10.2 Å². The second-order valence-electron chi connectivity index (χ2n) is 3.94. The first-order valence-electron chi connectivity index (χ1n) is 4.97. The molecule has 1 aliphatic rings. The predicted octanol–water partition coefficient (Wildman–Crippen LogP) is 1.05. The summed E-state index contributed by atoms with van der Waals surface area (Å²) >= 11 is 0. The molecule has 4 heteroatoms. The zero-order chi connectivity index (χ0) is 9.86. The van der Waals surface area contributed by atoms with Crippen LogP contribution < -0.4 is 5.32 Å². The number of aliphatic hydroxyl groups is 1. The fourth-order valence-corrected chi connectivity index (χ4v) is 1.60. The second-order valence-corrected chi connectivity index (χ2v) is 3.94. The van der Waals surface area contributed by atoms with Crippen molar-refractivity contribution in [1.29, 1.82) is 0 Å². The first-order valence-corrected chi connectivity index (χ1v) is 4.97. The normalized spacial score (nSPS) is 17.8. The highest BCUT2D eigenvalue weighted by Gasteiger charge is 2.41. The maximum Gasteiger partial charge on any atom is 0.148 e. The van der Waals surface area contributed by atoms with Gasteiger partial charge in [0.25, 0.3) is 0 Å². The van der Waals surface area contributed by atoms with Crippen LogP contribution in [0, 0.1) is 5.41 Å². The van der Waals surface area contributed by atoms with E-state index in [1.807, 2.05) is 12.1 Å². The topological polar surface area (TPSA) is 58.0 Å². The molecule has 1 aromatic rings. The minimum atomic E-state index is 0.280. The van der Waals surface area contributed by atoms with Crippen molar-refractivity contribution in [3.05, 3.63) is 18.3 Å². The Hall–Kier alpha value is -1.16. The molecule has 0 amide bonds. The van der Waals surface area contributed by atoms with E-state index >= 15 is 0 Å². The van der Waals surface area contributed by atoms with Crippen LogP contribution in [-0.2, 0) is 0 Å². The van der Waals surface area contributed by atoms with Crippen LogP contribution in [-0.4, -0.2) is 28.5 Å². The average molecular weight is 193 g/mol. The van der Waals surface area contributed by atoms with E-state index in [2.05, 4.69) is 15.5 Å². The quantitative estimate of drug-likeness (QED) is 0.734. The molecular formula is C10H15N3O. The molecule has 1 aliphatic carbocycles. The number of hydrogen-bond acceptors (Lipinski definition) is 4. The van der Waals surface area contributed by atoms with Crippen LogP contribution >= 0.6 is 0 Å². The van der Waals surface area contributed by atoms with Crippen LogP contribution in [0.25, 0.3) is 0 Å². The summed E-state index contributed by atoms with van der Waals surface area (Å²) < 4.78 is 0. The highest BCUT2D eigenvalue weighted by atomic mass is 16.3. The lowest BCUT2D eigenvalue weighted by atomic mass is 10.0. The Bertz CT molecular complexity index is 285. The molecular weight excluding hydrogens is 178 g/mol. The third kappa shape index (κ3) is 2.20. The lowest BCUT2D eigenvalue weighted by Crippen LogP contribution is -2.17. The Morgan fingerprint density at radius 1 is 1.50 bits per heavy atom. The molecule has 14 heavy (non-hydrogen) atoms. The number of aromatic nitrogens is 2. The summed E-state index contributed by atoms with van der Waals surface area (Å²) in [6, 6.07) is 3.77. The van der Waals surface area contributed by atoms with Crippen LogP contribution in [0.2, 0.25) is 0 Å². The molecule has 2 N–H and O–H groups in total. The molecule has 0 aromatic carbocycles. The van der Waals surface area contributed by atoms with Gasteiger partial charge < -0.3 is 10.4 Å². The molecule has 0 atom stereocenters. The summed E-state index contributed by atoms with van der Waals surface area (Å²) in [4.78, 5) is 0. The molecule has 0 saturated heterocycles. The number of aliphatic hydroxyl groups excluding tert-OH is 1. The van der Waals surface area contributed by atoms with Crippen molar-refractivity contribution >= 4 is 5.82 Å². The predicted molar refractivity (Wildman–Crippen MR) is 53.9 cm³/mol. The highest BCUT2D eigenvalue weighted by Crippen LogP contribution is 2.48. The third-order valence-electron chi connectivity index (χ3n) is 2.82. The molecule has 1 saturated carbocycles. The van der Waals surface area contributed by atoms with Gasteiger partial charge in [0, 0.05) is 19.3 Å². The summed E-state index contributed by atoms with van der Waals surface area (Å²) in [6.07, 6.45) is 4.97. The van der Waals surface area contributed by atoms with Gasteiger partial charge in [-0.2, -0.15) is 5.10 Å². The minimum absolute atomic E-state index is 0.280. The zero-order valence-corrected chi connectivity index (χ0v) is 8.11. The van der Waals surface area contributed by atoms with Gasteiger partial charge in [-0.25, -0.2) is 0 Å². The Kier molecular flexibility index (Phi) is 2.63. The van der Waals surface area contributed by atoms with Crippen LogP contribution in [0.3, 0.4) is 0 Å². The van der Waals surface area contributed by atoms with Gasteiger partial charge in [0.15, 0.2) is 0 Å². The lowest BCUT2D eigenvalue weighted by molar-refractivity contribution is 0.253. The van der Waals surface area contributed by atoms with E-state index in [4.69, 9.17) is 5.11 Å². The van der Waals surface area contributed by atoms with Gasteiger partial charge in [-0.05, 0) is 36.8 Å². The van der Waals surface area contributed by atoms with E-state index in [9.17, 15) is 0 Å². The van der Waals surface area contributed by atoms with Crippen molar-refractivity contribution in [2.75, 3.05) is 18.5 Å².